The van der Waals surface area contributed by atoms with Crippen LogP contribution in [0.4, 0.5) is 0 Å². The van der Waals surface area contributed by atoms with Crippen LogP contribution in [0.1, 0.15) is 367 Å². The Labute approximate surface area is 491 Å². The number of carbonyl (C=O) groups is 3. The van der Waals surface area contributed by atoms with E-state index in [0.29, 0.717) is 19.3 Å². The predicted molar refractivity (Wildman–Crippen MR) is 344 cm³/mol. The summed E-state index contributed by atoms with van der Waals surface area (Å²) in [4.78, 5) is 38.3. The molecule has 0 rings (SSSR count). The van der Waals surface area contributed by atoms with E-state index in [1.807, 2.05) is 0 Å². The lowest BCUT2D eigenvalue weighted by Crippen LogP contribution is -2.30. The van der Waals surface area contributed by atoms with Gasteiger partial charge in [-0.3, -0.25) is 14.4 Å². The monoisotopic (exact) mass is 1110 g/mol. The molecule has 0 aromatic carbocycles. The van der Waals surface area contributed by atoms with Crippen LogP contribution >= 0.6 is 0 Å². The second-order valence-electron chi connectivity index (χ2n) is 23.4. The molecule has 0 bridgehead atoms. The highest BCUT2D eigenvalue weighted by Crippen LogP contribution is 2.18. The van der Waals surface area contributed by atoms with Gasteiger partial charge in [0, 0.05) is 19.3 Å². The van der Waals surface area contributed by atoms with E-state index in [0.717, 1.165) is 96.3 Å². The summed E-state index contributed by atoms with van der Waals surface area (Å²) in [5.74, 6) is -0.858. The third-order valence-electron chi connectivity index (χ3n) is 15.5. The minimum atomic E-state index is -0.774. The molecule has 1 unspecified atom stereocenters. The van der Waals surface area contributed by atoms with Gasteiger partial charge in [-0.15, -0.1) is 0 Å². The fraction of sp³-hybridized carbons (Fsp3) is 0.822. The number of esters is 3. The fourth-order valence-corrected chi connectivity index (χ4v) is 10.3. The summed E-state index contributed by atoms with van der Waals surface area (Å²) in [7, 11) is 0. The number of ether oxygens (including phenoxy) is 3. The van der Waals surface area contributed by atoms with Crippen molar-refractivity contribution in [1.82, 2.24) is 0 Å². The summed E-state index contributed by atoms with van der Waals surface area (Å²) in [5.41, 5.74) is 0. The zero-order chi connectivity index (χ0) is 57.1. The van der Waals surface area contributed by atoms with Crippen LogP contribution in [0.15, 0.2) is 60.8 Å². The molecule has 460 valence electrons. The molecular formula is C73H132O6. The summed E-state index contributed by atoms with van der Waals surface area (Å²) in [6.07, 6.45) is 86.9. The van der Waals surface area contributed by atoms with E-state index in [2.05, 4.69) is 81.5 Å². The van der Waals surface area contributed by atoms with Crippen molar-refractivity contribution in [1.29, 1.82) is 0 Å². The standard InChI is InChI=1S/C73H132O6/c1-4-7-10-13-16-19-22-24-26-28-30-32-33-34-35-36-37-38-39-40-41-42-44-45-47-49-51-54-57-60-63-66-72(75)78-69-70(68-77-71(74)65-62-59-56-53-21-18-15-12-9-6-3)79-73(76)67-64-61-58-55-52-50-48-46-43-31-29-27-25-23-20-17-14-11-8-5-2/h7,10,12,15-16,19,24,26,30,32,70H,4-6,8-9,11,13-14,17-18,20-23,25,27-29,31,33-69H2,1-3H3/b10-7-,15-12-,19-16-,26-24-,32-30-. The van der Waals surface area contributed by atoms with Crippen molar-refractivity contribution in [2.45, 2.75) is 374 Å². The predicted octanol–water partition coefficient (Wildman–Crippen LogP) is 23.9. The molecule has 1 atom stereocenters. The van der Waals surface area contributed by atoms with Crippen molar-refractivity contribution in [2.24, 2.45) is 0 Å². The summed E-state index contributed by atoms with van der Waals surface area (Å²) in [5, 5.41) is 0. The molecule has 0 aromatic heterocycles. The summed E-state index contributed by atoms with van der Waals surface area (Å²) >= 11 is 0. The highest BCUT2D eigenvalue weighted by atomic mass is 16.6. The van der Waals surface area contributed by atoms with Crippen LogP contribution < -0.4 is 0 Å². The Morgan fingerprint density at radius 2 is 0.519 bits per heavy atom. The van der Waals surface area contributed by atoms with Crippen LogP contribution in [-0.4, -0.2) is 37.2 Å². The van der Waals surface area contributed by atoms with Gasteiger partial charge in [-0.05, 0) is 77.0 Å². The first kappa shape index (κ1) is 76.1. The molecule has 0 saturated carbocycles. The van der Waals surface area contributed by atoms with Crippen molar-refractivity contribution in [2.75, 3.05) is 13.2 Å². The number of allylic oxidation sites excluding steroid dienone is 10. The van der Waals surface area contributed by atoms with Gasteiger partial charge < -0.3 is 14.2 Å². The first-order valence-corrected chi connectivity index (χ1v) is 34.8. The van der Waals surface area contributed by atoms with E-state index >= 15 is 0 Å². The van der Waals surface area contributed by atoms with Gasteiger partial charge in [0.1, 0.15) is 13.2 Å². The van der Waals surface area contributed by atoms with Crippen molar-refractivity contribution in [3.05, 3.63) is 60.8 Å². The van der Waals surface area contributed by atoms with E-state index in [9.17, 15) is 14.4 Å². The molecule has 0 amide bonds. The molecule has 0 aliphatic rings. The van der Waals surface area contributed by atoms with E-state index < -0.39 is 6.10 Å². The van der Waals surface area contributed by atoms with Gasteiger partial charge in [0.25, 0.3) is 0 Å². The molecular weight excluding hydrogens is 973 g/mol. The van der Waals surface area contributed by atoms with Crippen LogP contribution in [0, 0.1) is 0 Å². The van der Waals surface area contributed by atoms with E-state index in [-0.39, 0.29) is 31.1 Å². The Kier molecular flexibility index (Phi) is 65.1. The van der Waals surface area contributed by atoms with Crippen LogP contribution in [0.3, 0.4) is 0 Å². The number of unbranched alkanes of at least 4 members (excludes halogenated alkanes) is 43. The maximum Gasteiger partial charge on any atom is 0.306 e. The fourth-order valence-electron chi connectivity index (χ4n) is 10.3. The molecule has 0 spiro atoms. The van der Waals surface area contributed by atoms with E-state index in [1.165, 1.54) is 231 Å². The van der Waals surface area contributed by atoms with Crippen molar-refractivity contribution >= 4 is 17.9 Å². The topological polar surface area (TPSA) is 78.9 Å². The molecule has 0 aliphatic carbocycles. The van der Waals surface area contributed by atoms with Gasteiger partial charge in [-0.1, -0.05) is 332 Å². The van der Waals surface area contributed by atoms with Gasteiger partial charge in [0.15, 0.2) is 6.10 Å². The zero-order valence-electron chi connectivity index (χ0n) is 52.9. The number of hydrogen-bond acceptors (Lipinski definition) is 6. The maximum atomic E-state index is 12.9. The number of hydrogen-bond donors (Lipinski definition) is 0. The van der Waals surface area contributed by atoms with Crippen molar-refractivity contribution in [3.63, 3.8) is 0 Å². The Hall–Kier alpha value is -2.89. The molecule has 0 saturated heterocycles. The molecule has 0 N–H and O–H groups in total. The average Bonchev–Trinajstić information content (AvgIpc) is 3.45. The van der Waals surface area contributed by atoms with Gasteiger partial charge in [0.2, 0.25) is 0 Å². The Balaban J connectivity index is 4.10. The van der Waals surface area contributed by atoms with Crippen molar-refractivity contribution < 1.29 is 28.6 Å². The lowest BCUT2D eigenvalue weighted by molar-refractivity contribution is -0.167. The van der Waals surface area contributed by atoms with Gasteiger partial charge >= 0.3 is 17.9 Å². The summed E-state index contributed by atoms with van der Waals surface area (Å²) in [6.45, 7) is 6.52. The smallest absolute Gasteiger partial charge is 0.306 e. The molecule has 0 aliphatic heterocycles. The quantitative estimate of drug-likeness (QED) is 0.0261. The Morgan fingerprint density at radius 1 is 0.266 bits per heavy atom. The Bertz CT molecular complexity index is 1410. The molecule has 6 nitrogen and oxygen atoms in total. The van der Waals surface area contributed by atoms with Gasteiger partial charge in [0.05, 0.1) is 0 Å². The highest BCUT2D eigenvalue weighted by Gasteiger charge is 2.19. The second-order valence-corrected chi connectivity index (χ2v) is 23.4. The van der Waals surface area contributed by atoms with Crippen LogP contribution in [0.25, 0.3) is 0 Å². The molecule has 79 heavy (non-hydrogen) atoms. The Morgan fingerprint density at radius 3 is 0.835 bits per heavy atom. The van der Waals surface area contributed by atoms with Gasteiger partial charge in [-0.2, -0.15) is 0 Å². The normalized spacial score (nSPS) is 12.4. The SMILES string of the molecule is CC/C=C\C/C=C\C/C=C\C/C=C\CCCCCCCCCCCCCCCCCCCCC(=O)OCC(COC(=O)CCCCCCC/C=C\CCC)OC(=O)CCCCCCCCCCCCCCCCCCCCCC. The maximum absolute atomic E-state index is 12.9. The largest absolute Gasteiger partial charge is 0.462 e. The summed E-state index contributed by atoms with van der Waals surface area (Å²) in [6, 6.07) is 0. The number of rotatable bonds is 64. The average molecular weight is 1110 g/mol. The lowest BCUT2D eigenvalue weighted by atomic mass is 10.0. The minimum absolute atomic E-state index is 0.0710. The molecule has 0 aromatic rings. The summed E-state index contributed by atoms with van der Waals surface area (Å²) < 4.78 is 16.9. The highest BCUT2D eigenvalue weighted by molar-refractivity contribution is 5.71. The second kappa shape index (κ2) is 67.6. The van der Waals surface area contributed by atoms with Gasteiger partial charge in [-0.25, -0.2) is 0 Å². The van der Waals surface area contributed by atoms with E-state index in [4.69, 9.17) is 14.2 Å². The molecule has 0 radical (unpaired) electrons. The third-order valence-corrected chi connectivity index (χ3v) is 15.5. The van der Waals surface area contributed by atoms with Crippen LogP contribution in [0.5, 0.6) is 0 Å². The third kappa shape index (κ3) is 65.8. The van der Waals surface area contributed by atoms with Crippen LogP contribution in [-0.2, 0) is 28.6 Å². The molecule has 0 fully saturated rings. The lowest BCUT2D eigenvalue weighted by Gasteiger charge is -2.18. The molecule has 6 heteroatoms. The van der Waals surface area contributed by atoms with E-state index in [1.54, 1.807) is 0 Å². The first-order chi connectivity index (χ1) is 39.0. The zero-order valence-corrected chi connectivity index (χ0v) is 52.9. The van der Waals surface area contributed by atoms with Crippen molar-refractivity contribution in [3.8, 4) is 0 Å². The van der Waals surface area contributed by atoms with Crippen LogP contribution in [0.2, 0.25) is 0 Å². The minimum Gasteiger partial charge on any atom is -0.462 e. The first-order valence-electron chi connectivity index (χ1n) is 34.8. The molecule has 0 heterocycles. The number of carbonyl (C=O) groups excluding carboxylic acids is 3.